The Morgan fingerprint density at radius 2 is 1.94 bits per heavy atom. The Bertz CT molecular complexity index is 543. The van der Waals surface area contributed by atoms with Gasteiger partial charge in [-0.2, -0.15) is 0 Å². The van der Waals surface area contributed by atoms with Gasteiger partial charge >= 0.3 is 0 Å². The Morgan fingerprint density at radius 3 is 2.61 bits per heavy atom. The minimum atomic E-state index is 0.470. The number of hydrogen-bond donors (Lipinski definition) is 1. The quantitative estimate of drug-likeness (QED) is 0.877. The number of halogens is 1. The minimum Gasteiger partial charge on any atom is -0.497 e. The Kier molecular flexibility index (Phi) is 4.10. The van der Waals surface area contributed by atoms with E-state index in [0.29, 0.717) is 18.0 Å². The molecule has 94 valence electrons. The highest BCUT2D eigenvalue weighted by atomic mass is 79.9. The third-order valence-electron chi connectivity index (χ3n) is 2.56. The van der Waals surface area contributed by atoms with Crippen molar-refractivity contribution >= 4 is 21.6 Å². The summed E-state index contributed by atoms with van der Waals surface area (Å²) < 4.78 is 11.8. The van der Waals surface area contributed by atoms with E-state index in [4.69, 9.17) is 15.2 Å². The fourth-order valence-electron chi connectivity index (χ4n) is 1.56. The fraction of sp³-hybridized carbons (Fsp3) is 0.143. The lowest BCUT2D eigenvalue weighted by molar-refractivity contribution is 0.306. The third kappa shape index (κ3) is 2.96. The molecule has 0 saturated carbocycles. The standard InChI is InChI=1S/C14H14BrNO2/c1-17-11-6-7-14(13(16)8-11)18-9-10-4-2-3-5-12(10)15/h2-8H,9,16H2,1H3. The van der Waals surface area contributed by atoms with Crippen molar-refractivity contribution in [2.24, 2.45) is 0 Å². The van der Waals surface area contributed by atoms with Crippen molar-refractivity contribution in [2.75, 3.05) is 12.8 Å². The van der Waals surface area contributed by atoms with Crippen LogP contribution >= 0.6 is 15.9 Å². The number of nitrogen functional groups attached to an aromatic ring is 1. The van der Waals surface area contributed by atoms with Crippen LogP contribution in [0.1, 0.15) is 5.56 Å². The normalized spacial score (nSPS) is 10.1. The second-order valence-corrected chi connectivity index (χ2v) is 4.64. The molecular weight excluding hydrogens is 294 g/mol. The van der Waals surface area contributed by atoms with E-state index < -0.39 is 0 Å². The first-order valence-electron chi connectivity index (χ1n) is 5.50. The van der Waals surface area contributed by atoms with Gasteiger partial charge in [0.1, 0.15) is 18.1 Å². The monoisotopic (exact) mass is 307 g/mol. The second kappa shape index (κ2) is 5.78. The van der Waals surface area contributed by atoms with E-state index in [1.807, 2.05) is 36.4 Å². The first-order chi connectivity index (χ1) is 8.70. The lowest BCUT2D eigenvalue weighted by Gasteiger charge is -2.11. The van der Waals surface area contributed by atoms with E-state index >= 15 is 0 Å². The van der Waals surface area contributed by atoms with Gasteiger partial charge in [-0.25, -0.2) is 0 Å². The summed E-state index contributed by atoms with van der Waals surface area (Å²) in [5.74, 6) is 1.38. The Morgan fingerprint density at radius 1 is 1.17 bits per heavy atom. The molecule has 0 radical (unpaired) electrons. The number of benzene rings is 2. The predicted octanol–water partition coefficient (Wildman–Crippen LogP) is 3.62. The lowest BCUT2D eigenvalue weighted by atomic mass is 10.2. The maximum absolute atomic E-state index is 5.88. The Balaban J connectivity index is 2.09. The number of hydrogen-bond acceptors (Lipinski definition) is 3. The van der Waals surface area contributed by atoms with Crippen LogP contribution in [0.2, 0.25) is 0 Å². The largest absolute Gasteiger partial charge is 0.497 e. The van der Waals surface area contributed by atoms with E-state index in [1.165, 1.54) is 0 Å². The molecule has 0 bridgehead atoms. The van der Waals surface area contributed by atoms with Crippen molar-refractivity contribution in [2.45, 2.75) is 6.61 Å². The summed E-state index contributed by atoms with van der Waals surface area (Å²) in [5.41, 5.74) is 7.53. The summed E-state index contributed by atoms with van der Waals surface area (Å²) in [6, 6.07) is 13.3. The molecule has 0 fully saturated rings. The third-order valence-corrected chi connectivity index (χ3v) is 3.33. The van der Waals surface area contributed by atoms with E-state index in [0.717, 1.165) is 15.8 Å². The molecule has 0 spiro atoms. The SMILES string of the molecule is COc1ccc(OCc2ccccc2Br)c(N)c1. The zero-order valence-corrected chi connectivity index (χ0v) is 11.6. The molecule has 0 amide bonds. The Hall–Kier alpha value is -1.68. The van der Waals surface area contributed by atoms with Gasteiger partial charge in [-0.05, 0) is 18.2 Å². The van der Waals surface area contributed by atoms with Crippen molar-refractivity contribution < 1.29 is 9.47 Å². The molecule has 0 aromatic heterocycles. The molecule has 0 heterocycles. The molecule has 0 unspecified atom stereocenters. The highest BCUT2D eigenvalue weighted by Crippen LogP contribution is 2.27. The van der Waals surface area contributed by atoms with Crippen molar-refractivity contribution in [3.63, 3.8) is 0 Å². The molecule has 18 heavy (non-hydrogen) atoms. The molecule has 2 aromatic rings. The van der Waals surface area contributed by atoms with Crippen LogP contribution in [0.3, 0.4) is 0 Å². The molecule has 0 atom stereocenters. The molecule has 0 aliphatic rings. The summed E-state index contributed by atoms with van der Waals surface area (Å²) >= 11 is 3.48. The maximum Gasteiger partial charge on any atom is 0.142 e. The molecule has 0 saturated heterocycles. The van der Waals surface area contributed by atoms with Crippen LogP contribution in [-0.2, 0) is 6.61 Å². The molecule has 2 N–H and O–H groups in total. The second-order valence-electron chi connectivity index (χ2n) is 3.78. The zero-order chi connectivity index (χ0) is 13.0. The first kappa shape index (κ1) is 12.8. The average Bonchev–Trinajstić information content (AvgIpc) is 2.39. The van der Waals surface area contributed by atoms with Gasteiger partial charge in [-0.15, -0.1) is 0 Å². The molecule has 2 aromatic carbocycles. The molecule has 0 aliphatic carbocycles. The van der Waals surface area contributed by atoms with Crippen molar-refractivity contribution in [3.8, 4) is 11.5 Å². The molecule has 2 rings (SSSR count). The van der Waals surface area contributed by atoms with Gasteiger partial charge < -0.3 is 15.2 Å². The summed E-state index contributed by atoms with van der Waals surface area (Å²) in [4.78, 5) is 0. The van der Waals surface area contributed by atoms with Crippen molar-refractivity contribution in [1.29, 1.82) is 0 Å². The molecule has 0 aliphatic heterocycles. The molecule has 3 nitrogen and oxygen atoms in total. The summed E-state index contributed by atoms with van der Waals surface area (Å²) in [6.45, 7) is 0.470. The van der Waals surface area contributed by atoms with Gasteiger partial charge in [-0.1, -0.05) is 34.1 Å². The van der Waals surface area contributed by atoms with Gasteiger partial charge in [0.05, 0.1) is 12.8 Å². The lowest BCUT2D eigenvalue weighted by Crippen LogP contribution is -1.99. The van der Waals surface area contributed by atoms with Gasteiger partial charge in [0.25, 0.3) is 0 Å². The van der Waals surface area contributed by atoms with E-state index in [-0.39, 0.29) is 0 Å². The van der Waals surface area contributed by atoms with Crippen LogP contribution in [0.15, 0.2) is 46.9 Å². The van der Waals surface area contributed by atoms with Crippen LogP contribution in [0.4, 0.5) is 5.69 Å². The highest BCUT2D eigenvalue weighted by Gasteiger charge is 2.04. The van der Waals surface area contributed by atoms with Crippen molar-refractivity contribution in [1.82, 2.24) is 0 Å². The first-order valence-corrected chi connectivity index (χ1v) is 6.29. The number of anilines is 1. The molecule has 4 heteroatoms. The van der Waals surface area contributed by atoms with E-state index in [9.17, 15) is 0 Å². The van der Waals surface area contributed by atoms with Gasteiger partial charge in [-0.3, -0.25) is 0 Å². The Labute approximate surface area is 115 Å². The van der Waals surface area contributed by atoms with E-state index in [1.54, 1.807) is 13.2 Å². The van der Waals surface area contributed by atoms with Gasteiger partial charge in [0.15, 0.2) is 0 Å². The maximum atomic E-state index is 5.88. The average molecular weight is 308 g/mol. The molecular formula is C14H14BrNO2. The number of ether oxygens (including phenoxy) is 2. The van der Waals surface area contributed by atoms with Crippen LogP contribution in [0.25, 0.3) is 0 Å². The number of rotatable bonds is 4. The minimum absolute atomic E-state index is 0.470. The summed E-state index contributed by atoms with van der Waals surface area (Å²) in [7, 11) is 1.61. The van der Waals surface area contributed by atoms with Crippen LogP contribution in [-0.4, -0.2) is 7.11 Å². The highest BCUT2D eigenvalue weighted by molar-refractivity contribution is 9.10. The number of nitrogens with two attached hydrogens (primary N) is 1. The van der Waals surface area contributed by atoms with Gasteiger partial charge in [0, 0.05) is 16.1 Å². The smallest absolute Gasteiger partial charge is 0.142 e. The zero-order valence-electron chi connectivity index (χ0n) is 10.0. The summed E-state index contributed by atoms with van der Waals surface area (Å²) in [5, 5.41) is 0. The van der Waals surface area contributed by atoms with Crippen molar-refractivity contribution in [3.05, 3.63) is 52.5 Å². The van der Waals surface area contributed by atoms with Crippen LogP contribution < -0.4 is 15.2 Å². The predicted molar refractivity (Wildman–Crippen MR) is 75.9 cm³/mol. The van der Waals surface area contributed by atoms with Crippen LogP contribution in [0, 0.1) is 0 Å². The fourth-order valence-corrected chi connectivity index (χ4v) is 1.96. The topological polar surface area (TPSA) is 44.5 Å². The number of methoxy groups -OCH3 is 1. The van der Waals surface area contributed by atoms with Gasteiger partial charge in [0.2, 0.25) is 0 Å². The van der Waals surface area contributed by atoms with E-state index in [2.05, 4.69) is 15.9 Å². The summed E-state index contributed by atoms with van der Waals surface area (Å²) in [6.07, 6.45) is 0. The van der Waals surface area contributed by atoms with Crippen LogP contribution in [0.5, 0.6) is 11.5 Å².